The summed E-state index contributed by atoms with van der Waals surface area (Å²) in [5, 5.41) is 31.9. The number of anilines is 2. The molecule has 7 nitrogen and oxygen atoms in total. The Balaban J connectivity index is 1.71. The Labute approximate surface area is 174 Å². The average molecular weight is 406 g/mol. The standard InChI is InChI=1S/C22H23FN6O/c1-12-15(8-24)5-16(23)6-18(12)13(2)26-21-19-7-17(29-10-22(4,30)11-29)9-25-20(19)14(3)27-28-21/h5-7,9,13,30H,10-11H2,1-4H3,(H,26,28)/t13-/m1/s1. The van der Waals surface area contributed by atoms with Gasteiger partial charge in [-0.3, -0.25) is 4.98 Å². The van der Waals surface area contributed by atoms with Gasteiger partial charge in [-0.15, -0.1) is 5.10 Å². The lowest BCUT2D eigenvalue weighted by Gasteiger charge is -2.45. The zero-order valence-electron chi connectivity index (χ0n) is 17.4. The van der Waals surface area contributed by atoms with E-state index in [1.165, 1.54) is 12.1 Å². The number of rotatable bonds is 4. The largest absolute Gasteiger partial charge is 0.386 e. The summed E-state index contributed by atoms with van der Waals surface area (Å²) in [6.07, 6.45) is 1.77. The minimum absolute atomic E-state index is 0.304. The maximum Gasteiger partial charge on any atom is 0.158 e. The highest BCUT2D eigenvalue weighted by molar-refractivity contribution is 5.92. The van der Waals surface area contributed by atoms with E-state index < -0.39 is 11.4 Å². The molecule has 4 rings (SSSR count). The van der Waals surface area contributed by atoms with Crippen molar-refractivity contribution in [1.29, 1.82) is 5.26 Å². The minimum Gasteiger partial charge on any atom is -0.386 e. The monoisotopic (exact) mass is 406 g/mol. The fraction of sp³-hybridized carbons (Fsp3) is 0.364. The summed E-state index contributed by atoms with van der Waals surface area (Å²) in [6, 6.07) is 6.39. The molecule has 154 valence electrons. The van der Waals surface area contributed by atoms with Gasteiger partial charge >= 0.3 is 0 Å². The molecule has 3 heterocycles. The van der Waals surface area contributed by atoms with Crippen LogP contribution in [0, 0.1) is 31.0 Å². The molecule has 1 aliphatic rings. The highest BCUT2D eigenvalue weighted by atomic mass is 19.1. The highest BCUT2D eigenvalue weighted by Gasteiger charge is 2.36. The third kappa shape index (κ3) is 3.53. The Morgan fingerprint density at radius 2 is 2.00 bits per heavy atom. The highest BCUT2D eigenvalue weighted by Crippen LogP contribution is 2.33. The number of halogens is 1. The number of hydrogen-bond donors (Lipinski definition) is 2. The fourth-order valence-electron chi connectivity index (χ4n) is 3.94. The van der Waals surface area contributed by atoms with Gasteiger partial charge in [-0.2, -0.15) is 10.4 Å². The molecule has 0 spiro atoms. The number of nitriles is 1. The molecule has 1 aromatic carbocycles. The second kappa shape index (κ2) is 7.18. The van der Waals surface area contributed by atoms with Crippen molar-refractivity contribution in [3.8, 4) is 6.07 Å². The van der Waals surface area contributed by atoms with Gasteiger partial charge in [0.2, 0.25) is 0 Å². The molecular weight excluding hydrogens is 383 g/mol. The molecule has 2 aromatic heterocycles. The fourth-order valence-corrected chi connectivity index (χ4v) is 3.94. The van der Waals surface area contributed by atoms with Gasteiger partial charge in [0.15, 0.2) is 5.82 Å². The lowest BCUT2D eigenvalue weighted by Crippen LogP contribution is -2.60. The van der Waals surface area contributed by atoms with E-state index in [1.807, 2.05) is 30.9 Å². The molecule has 1 fully saturated rings. The predicted octanol–water partition coefficient (Wildman–Crippen LogP) is 3.40. The van der Waals surface area contributed by atoms with Crippen LogP contribution in [0.1, 0.15) is 42.3 Å². The smallest absolute Gasteiger partial charge is 0.158 e. The summed E-state index contributed by atoms with van der Waals surface area (Å²) in [7, 11) is 0. The Hall–Kier alpha value is -3.31. The lowest BCUT2D eigenvalue weighted by molar-refractivity contribution is 0.0310. The van der Waals surface area contributed by atoms with E-state index in [1.54, 1.807) is 20.0 Å². The van der Waals surface area contributed by atoms with Gasteiger partial charge in [0, 0.05) is 18.5 Å². The van der Waals surface area contributed by atoms with E-state index in [-0.39, 0.29) is 6.04 Å². The Bertz CT molecular complexity index is 1180. The van der Waals surface area contributed by atoms with Crippen LogP contribution in [0.2, 0.25) is 0 Å². The number of benzene rings is 1. The topological polar surface area (TPSA) is 98.0 Å². The SMILES string of the molecule is Cc1c(C#N)cc(F)cc1[C@@H](C)Nc1nnc(C)c2ncc(N3CC(C)(O)C3)cc12. The third-order valence-corrected chi connectivity index (χ3v) is 5.55. The van der Waals surface area contributed by atoms with Gasteiger partial charge < -0.3 is 15.3 Å². The Kier molecular flexibility index (Phi) is 4.79. The minimum atomic E-state index is -0.690. The van der Waals surface area contributed by atoms with Crippen LogP contribution in [0.4, 0.5) is 15.9 Å². The van der Waals surface area contributed by atoms with E-state index in [2.05, 4.69) is 20.5 Å². The van der Waals surface area contributed by atoms with Crippen LogP contribution in [-0.2, 0) is 0 Å². The number of aromatic nitrogens is 3. The molecule has 1 atom stereocenters. The number of aliphatic hydroxyl groups is 1. The molecule has 2 N–H and O–H groups in total. The maximum absolute atomic E-state index is 14.0. The number of nitrogens with one attached hydrogen (secondary N) is 1. The van der Waals surface area contributed by atoms with Crippen LogP contribution in [0.5, 0.6) is 0 Å². The number of pyridine rings is 1. The van der Waals surface area contributed by atoms with Crippen molar-refractivity contribution in [2.24, 2.45) is 0 Å². The Morgan fingerprint density at radius 3 is 2.67 bits per heavy atom. The van der Waals surface area contributed by atoms with Gasteiger partial charge in [0.1, 0.15) is 5.82 Å². The van der Waals surface area contributed by atoms with E-state index in [4.69, 9.17) is 0 Å². The summed E-state index contributed by atoms with van der Waals surface area (Å²) in [6.45, 7) is 8.42. The van der Waals surface area contributed by atoms with Crippen molar-refractivity contribution in [3.05, 3.63) is 52.6 Å². The van der Waals surface area contributed by atoms with Crippen molar-refractivity contribution < 1.29 is 9.50 Å². The van der Waals surface area contributed by atoms with Crippen LogP contribution in [0.25, 0.3) is 10.9 Å². The molecule has 0 bridgehead atoms. The number of nitrogens with zero attached hydrogens (tertiary/aromatic N) is 5. The van der Waals surface area contributed by atoms with Gasteiger partial charge in [-0.25, -0.2) is 4.39 Å². The van der Waals surface area contributed by atoms with Crippen molar-refractivity contribution in [2.75, 3.05) is 23.3 Å². The first kappa shape index (κ1) is 20.0. The molecule has 3 aromatic rings. The number of β-amino-alcohol motifs (C(OH)–C–C–N with tert-alkyl or cyclic N) is 1. The second-order valence-electron chi connectivity index (χ2n) is 8.22. The summed E-state index contributed by atoms with van der Waals surface area (Å²) >= 11 is 0. The van der Waals surface area contributed by atoms with E-state index in [9.17, 15) is 14.8 Å². The van der Waals surface area contributed by atoms with E-state index >= 15 is 0 Å². The molecule has 0 amide bonds. The second-order valence-corrected chi connectivity index (χ2v) is 8.22. The number of fused-ring (bicyclic) bond motifs is 1. The van der Waals surface area contributed by atoms with Crippen LogP contribution in [-0.4, -0.2) is 39.0 Å². The summed E-state index contributed by atoms with van der Waals surface area (Å²) in [5.41, 5.74) is 3.36. The van der Waals surface area contributed by atoms with Gasteiger partial charge in [-0.05, 0) is 57.0 Å². The molecule has 1 saturated heterocycles. The quantitative estimate of drug-likeness (QED) is 0.685. The van der Waals surface area contributed by atoms with Crippen LogP contribution >= 0.6 is 0 Å². The predicted molar refractivity (Wildman–Crippen MR) is 113 cm³/mol. The van der Waals surface area contributed by atoms with Crippen LogP contribution in [0.15, 0.2) is 24.4 Å². The normalized spacial score (nSPS) is 16.1. The maximum atomic E-state index is 14.0. The van der Waals surface area contributed by atoms with Gasteiger partial charge in [-0.1, -0.05) is 0 Å². The summed E-state index contributed by atoms with van der Waals surface area (Å²) in [4.78, 5) is 6.61. The summed E-state index contributed by atoms with van der Waals surface area (Å²) in [5.74, 6) is 0.0846. The zero-order valence-corrected chi connectivity index (χ0v) is 17.4. The molecule has 0 radical (unpaired) electrons. The Morgan fingerprint density at radius 1 is 1.27 bits per heavy atom. The van der Waals surface area contributed by atoms with Crippen molar-refractivity contribution in [3.63, 3.8) is 0 Å². The molecule has 0 unspecified atom stereocenters. The molecule has 30 heavy (non-hydrogen) atoms. The first-order valence-electron chi connectivity index (χ1n) is 9.75. The third-order valence-electron chi connectivity index (χ3n) is 5.55. The molecule has 1 aliphatic heterocycles. The first-order valence-corrected chi connectivity index (χ1v) is 9.75. The van der Waals surface area contributed by atoms with Gasteiger partial charge in [0.25, 0.3) is 0 Å². The average Bonchev–Trinajstić information content (AvgIpc) is 2.69. The molecule has 8 heteroatoms. The number of aryl methyl sites for hydroxylation is 1. The number of hydrogen-bond acceptors (Lipinski definition) is 7. The van der Waals surface area contributed by atoms with Crippen molar-refractivity contribution in [2.45, 2.75) is 39.3 Å². The first-order chi connectivity index (χ1) is 14.2. The van der Waals surface area contributed by atoms with E-state index in [0.29, 0.717) is 35.7 Å². The zero-order chi connectivity index (χ0) is 21.6. The molecule has 0 saturated carbocycles. The van der Waals surface area contributed by atoms with E-state index in [0.717, 1.165) is 22.2 Å². The lowest BCUT2D eigenvalue weighted by atomic mass is 9.96. The van der Waals surface area contributed by atoms with Crippen LogP contribution in [0.3, 0.4) is 0 Å². The van der Waals surface area contributed by atoms with Crippen molar-refractivity contribution >= 4 is 22.4 Å². The summed E-state index contributed by atoms with van der Waals surface area (Å²) < 4.78 is 14.0. The molecule has 0 aliphatic carbocycles. The van der Waals surface area contributed by atoms with Gasteiger partial charge in [0.05, 0.1) is 46.4 Å². The van der Waals surface area contributed by atoms with Crippen LogP contribution < -0.4 is 10.2 Å². The molecular formula is C22H23FN6O. The van der Waals surface area contributed by atoms with Crippen molar-refractivity contribution in [1.82, 2.24) is 15.2 Å².